The van der Waals surface area contributed by atoms with Crippen LogP contribution in [0.2, 0.25) is 0 Å². The van der Waals surface area contributed by atoms with Crippen molar-refractivity contribution in [3.05, 3.63) is 0 Å². The van der Waals surface area contributed by atoms with Gasteiger partial charge in [0, 0.05) is 6.04 Å². The zero-order valence-corrected chi connectivity index (χ0v) is 10.0. The zero-order chi connectivity index (χ0) is 11.4. The molecule has 0 saturated carbocycles. The van der Waals surface area contributed by atoms with Crippen LogP contribution in [0.5, 0.6) is 0 Å². The van der Waals surface area contributed by atoms with Gasteiger partial charge in [0.1, 0.15) is 6.29 Å². The van der Waals surface area contributed by atoms with Gasteiger partial charge in [-0.05, 0) is 19.4 Å². The van der Waals surface area contributed by atoms with E-state index in [1.54, 1.807) is 0 Å². The minimum atomic E-state index is -0.260. The minimum Gasteiger partial charge on any atom is -0.322 e. The molecule has 0 unspecified atom stereocenters. The predicted octanol–water partition coefficient (Wildman–Crippen LogP) is 1.71. The SMILES string of the molecule is CC.CC(C)NCCCC[C@H](N)C=O. The van der Waals surface area contributed by atoms with Crippen molar-refractivity contribution < 1.29 is 4.79 Å². The molecule has 0 heterocycles. The van der Waals surface area contributed by atoms with Gasteiger partial charge >= 0.3 is 0 Å². The van der Waals surface area contributed by atoms with Crippen LogP contribution in [0.4, 0.5) is 0 Å². The fourth-order valence-electron chi connectivity index (χ4n) is 0.964. The van der Waals surface area contributed by atoms with Gasteiger partial charge < -0.3 is 15.8 Å². The third-order valence-corrected chi connectivity index (χ3v) is 1.69. The van der Waals surface area contributed by atoms with E-state index in [0.29, 0.717) is 6.04 Å². The van der Waals surface area contributed by atoms with Crippen LogP contribution in [-0.2, 0) is 4.79 Å². The Labute approximate surface area is 88.4 Å². The van der Waals surface area contributed by atoms with E-state index in [0.717, 1.165) is 32.1 Å². The maximum absolute atomic E-state index is 10.1. The molecule has 1 atom stereocenters. The highest BCUT2D eigenvalue weighted by Crippen LogP contribution is 1.96. The highest BCUT2D eigenvalue weighted by Gasteiger charge is 1.98. The Balaban J connectivity index is 0. The van der Waals surface area contributed by atoms with Crippen LogP contribution >= 0.6 is 0 Å². The molecule has 0 aromatic heterocycles. The molecule has 0 saturated heterocycles. The molecule has 0 aliphatic rings. The number of nitrogens with two attached hydrogens (primary N) is 1. The third kappa shape index (κ3) is 14.1. The molecule has 0 aliphatic heterocycles. The Bertz CT molecular complexity index is 116. The van der Waals surface area contributed by atoms with E-state index < -0.39 is 0 Å². The smallest absolute Gasteiger partial charge is 0.136 e. The number of carbonyl (C=O) groups excluding carboxylic acids is 1. The Morgan fingerprint density at radius 3 is 2.29 bits per heavy atom. The summed E-state index contributed by atoms with van der Waals surface area (Å²) in [5.41, 5.74) is 5.43. The average molecular weight is 202 g/mol. The molecule has 0 radical (unpaired) electrons. The van der Waals surface area contributed by atoms with Crippen molar-refractivity contribution in [2.75, 3.05) is 6.54 Å². The lowest BCUT2D eigenvalue weighted by molar-refractivity contribution is -0.109. The number of aldehydes is 1. The first-order valence-corrected chi connectivity index (χ1v) is 5.61. The van der Waals surface area contributed by atoms with E-state index in [1.807, 2.05) is 13.8 Å². The molecule has 3 N–H and O–H groups in total. The molecule has 86 valence electrons. The first-order chi connectivity index (χ1) is 6.66. The molecule has 0 bridgehead atoms. The Morgan fingerprint density at radius 2 is 1.86 bits per heavy atom. The largest absolute Gasteiger partial charge is 0.322 e. The van der Waals surface area contributed by atoms with Gasteiger partial charge in [-0.25, -0.2) is 0 Å². The summed E-state index contributed by atoms with van der Waals surface area (Å²) in [6.07, 6.45) is 3.75. The van der Waals surface area contributed by atoms with E-state index in [9.17, 15) is 4.79 Å². The molecule has 0 aromatic rings. The van der Waals surface area contributed by atoms with Crippen LogP contribution in [0.15, 0.2) is 0 Å². The summed E-state index contributed by atoms with van der Waals surface area (Å²) >= 11 is 0. The summed E-state index contributed by atoms with van der Waals surface area (Å²) in [5, 5.41) is 3.31. The van der Waals surface area contributed by atoms with Crippen molar-refractivity contribution >= 4 is 6.29 Å². The van der Waals surface area contributed by atoms with Crippen molar-refractivity contribution in [3.63, 3.8) is 0 Å². The summed E-state index contributed by atoms with van der Waals surface area (Å²) in [5.74, 6) is 0. The summed E-state index contributed by atoms with van der Waals surface area (Å²) in [4.78, 5) is 10.1. The lowest BCUT2D eigenvalue weighted by atomic mass is 10.1. The van der Waals surface area contributed by atoms with Crippen LogP contribution in [0.3, 0.4) is 0 Å². The molecule has 3 heteroatoms. The van der Waals surface area contributed by atoms with E-state index in [4.69, 9.17) is 5.73 Å². The van der Waals surface area contributed by atoms with Crippen molar-refractivity contribution in [1.82, 2.24) is 5.32 Å². The van der Waals surface area contributed by atoms with E-state index >= 15 is 0 Å². The second kappa shape index (κ2) is 12.6. The normalized spacial score (nSPS) is 11.9. The third-order valence-electron chi connectivity index (χ3n) is 1.69. The van der Waals surface area contributed by atoms with Crippen LogP contribution in [0, 0.1) is 0 Å². The van der Waals surface area contributed by atoms with E-state index in [1.165, 1.54) is 0 Å². The molecule has 0 aliphatic carbocycles. The lowest BCUT2D eigenvalue weighted by Crippen LogP contribution is -2.25. The van der Waals surface area contributed by atoms with Gasteiger partial charge in [-0.2, -0.15) is 0 Å². The molecular formula is C11H26N2O. The number of rotatable bonds is 7. The minimum absolute atomic E-state index is 0.260. The topological polar surface area (TPSA) is 55.1 Å². The van der Waals surface area contributed by atoms with Crippen molar-refractivity contribution in [3.8, 4) is 0 Å². The first kappa shape index (κ1) is 16.0. The number of carbonyl (C=O) groups is 1. The van der Waals surface area contributed by atoms with Gasteiger partial charge in [-0.3, -0.25) is 0 Å². The van der Waals surface area contributed by atoms with Gasteiger partial charge in [0.15, 0.2) is 0 Å². The molecule has 0 aromatic carbocycles. The fraction of sp³-hybridized carbons (Fsp3) is 0.909. The molecule has 0 amide bonds. The Kier molecular flexibility index (Phi) is 14.4. The van der Waals surface area contributed by atoms with Crippen LogP contribution in [0.25, 0.3) is 0 Å². The van der Waals surface area contributed by atoms with Gasteiger partial charge in [-0.15, -0.1) is 0 Å². The molecule has 0 fully saturated rings. The maximum atomic E-state index is 10.1. The van der Waals surface area contributed by atoms with Crippen LogP contribution in [-0.4, -0.2) is 24.9 Å². The summed E-state index contributed by atoms with van der Waals surface area (Å²) in [6.45, 7) is 9.26. The second-order valence-corrected chi connectivity index (χ2v) is 3.40. The van der Waals surface area contributed by atoms with Gasteiger partial charge in [0.2, 0.25) is 0 Å². The quantitative estimate of drug-likeness (QED) is 0.488. The number of nitrogens with one attached hydrogen (secondary N) is 1. The van der Waals surface area contributed by atoms with Gasteiger partial charge in [-0.1, -0.05) is 34.1 Å². The van der Waals surface area contributed by atoms with Gasteiger partial charge in [0.25, 0.3) is 0 Å². The molecular weight excluding hydrogens is 176 g/mol. The number of unbranched alkanes of at least 4 members (excludes halogenated alkanes) is 1. The number of hydrogen-bond acceptors (Lipinski definition) is 3. The molecule has 3 nitrogen and oxygen atoms in total. The fourth-order valence-corrected chi connectivity index (χ4v) is 0.964. The first-order valence-electron chi connectivity index (χ1n) is 5.61. The van der Waals surface area contributed by atoms with Crippen LogP contribution < -0.4 is 11.1 Å². The molecule has 14 heavy (non-hydrogen) atoms. The molecule has 0 spiro atoms. The maximum Gasteiger partial charge on any atom is 0.136 e. The van der Waals surface area contributed by atoms with Crippen molar-refractivity contribution in [2.24, 2.45) is 5.73 Å². The van der Waals surface area contributed by atoms with E-state index in [-0.39, 0.29) is 6.04 Å². The van der Waals surface area contributed by atoms with Crippen LogP contribution in [0.1, 0.15) is 47.0 Å². The average Bonchev–Trinajstić information content (AvgIpc) is 2.19. The molecule has 0 rings (SSSR count). The predicted molar refractivity (Wildman–Crippen MR) is 62.4 cm³/mol. The van der Waals surface area contributed by atoms with Gasteiger partial charge in [0.05, 0.1) is 6.04 Å². The summed E-state index contributed by atoms with van der Waals surface area (Å²) in [6, 6.07) is 0.286. The summed E-state index contributed by atoms with van der Waals surface area (Å²) in [7, 11) is 0. The number of hydrogen-bond donors (Lipinski definition) is 2. The second-order valence-electron chi connectivity index (χ2n) is 3.40. The van der Waals surface area contributed by atoms with Crippen molar-refractivity contribution in [1.29, 1.82) is 0 Å². The highest BCUT2D eigenvalue weighted by molar-refractivity contribution is 5.56. The zero-order valence-electron chi connectivity index (χ0n) is 10.0. The van der Waals surface area contributed by atoms with Crippen molar-refractivity contribution in [2.45, 2.75) is 59.0 Å². The van der Waals surface area contributed by atoms with E-state index in [2.05, 4.69) is 19.2 Å². The Hall–Kier alpha value is -0.410. The summed E-state index contributed by atoms with van der Waals surface area (Å²) < 4.78 is 0. The monoisotopic (exact) mass is 202 g/mol. The highest BCUT2D eigenvalue weighted by atomic mass is 16.1. The Morgan fingerprint density at radius 1 is 1.29 bits per heavy atom. The lowest BCUT2D eigenvalue weighted by Gasteiger charge is -2.07. The standard InChI is InChI=1S/C9H20N2O.C2H6/c1-8(2)11-6-4-3-5-9(10)7-12;1-2/h7-9,11H,3-6,10H2,1-2H3;1-2H3/t9-;/m0./s1.